The molecule has 2 aromatic carbocycles. The van der Waals surface area contributed by atoms with Crippen molar-refractivity contribution in [2.75, 3.05) is 5.32 Å². The number of carbonyl (C=O) groups is 1. The van der Waals surface area contributed by atoms with Gasteiger partial charge in [-0.2, -0.15) is 0 Å². The molecule has 0 saturated heterocycles. The van der Waals surface area contributed by atoms with Crippen LogP contribution in [0.2, 0.25) is 5.02 Å². The summed E-state index contributed by atoms with van der Waals surface area (Å²) in [6.07, 6.45) is 1.55. The third kappa shape index (κ3) is 4.55. The van der Waals surface area contributed by atoms with Crippen LogP contribution in [-0.2, 0) is 6.54 Å². The van der Waals surface area contributed by atoms with E-state index < -0.39 is 0 Å². The van der Waals surface area contributed by atoms with E-state index in [4.69, 9.17) is 11.6 Å². The van der Waals surface area contributed by atoms with Crippen molar-refractivity contribution in [3.05, 3.63) is 82.6 Å². The molecule has 25 heavy (non-hydrogen) atoms. The predicted molar refractivity (Wildman–Crippen MR) is 99.1 cm³/mol. The number of amides is 1. The highest BCUT2D eigenvalue weighted by molar-refractivity contribution is 6.30. The molecule has 6 heteroatoms. The van der Waals surface area contributed by atoms with Gasteiger partial charge in [0.25, 0.3) is 5.91 Å². The number of aryl methyl sites for hydroxylation is 1. The summed E-state index contributed by atoms with van der Waals surface area (Å²) in [5.74, 6) is 0.107. The van der Waals surface area contributed by atoms with E-state index in [9.17, 15) is 4.79 Å². The molecule has 126 valence electrons. The molecule has 0 atom stereocenters. The summed E-state index contributed by atoms with van der Waals surface area (Å²) in [5.41, 5.74) is 3.31. The maximum atomic E-state index is 12.3. The van der Waals surface area contributed by atoms with E-state index >= 15 is 0 Å². The number of benzene rings is 2. The Morgan fingerprint density at radius 1 is 1.08 bits per heavy atom. The van der Waals surface area contributed by atoms with E-state index in [0.717, 1.165) is 16.8 Å². The molecule has 0 aliphatic carbocycles. The van der Waals surface area contributed by atoms with Gasteiger partial charge < -0.3 is 10.6 Å². The summed E-state index contributed by atoms with van der Waals surface area (Å²) in [6, 6.07) is 16.7. The number of anilines is 2. The molecule has 3 rings (SSSR count). The fourth-order valence-electron chi connectivity index (χ4n) is 2.28. The summed E-state index contributed by atoms with van der Waals surface area (Å²) in [6.45, 7) is 2.47. The third-order valence-corrected chi connectivity index (χ3v) is 3.94. The molecule has 0 unspecified atom stereocenters. The van der Waals surface area contributed by atoms with Crippen LogP contribution in [0, 0.1) is 6.92 Å². The second-order valence-corrected chi connectivity index (χ2v) is 5.94. The maximum absolute atomic E-state index is 12.3. The van der Waals surface area contributed by atoms with Crippen molar-refractivity contribution in [2.45, 2.75) is 13.5 Å². The van der Waals surface area contributed by atoms with Gasteiger partial charge in [0, 0.05) is 23.5 Å². The molecule has 0 spiro atoms. The lowest BCUT2D eigenvalue weighted by Gasteiger charge is -2.09. The van der Waals surface area contributed by atoms with Crippen molar-refractivity contribution < 1.29 is 4.79 Å². The molecule has 0 fully saturated rings. The highest BCUT2D eigenvalue weighted by Gasteiger charge is 2.09. The second kappa shape index (κ2) is 7.77. The van der Waals surface area contributed by atoms with Crippen molar-refractivity contribution >= 4 is 29.1 Å². The number of aromatic nitrogens is 2. The number of nitrogens with one attached hydrogen (secondary N) is 2. The Morgan fingerprint density at radius 3 is 2.60 bits per heavy atom. The Morgan fingerprint density at radius 2 is 1.84 bits per heavy atom. The lowest BCUT2D eigenvalue weighted by molar-refractivity contribution is 0.0946. The first-order valence-electron chi connectivity index (χ1n) is 7.80. The third-order valence-electron chi connectivity index (χ3n) is 3.69. The quantitative estimate of drug-likeness (QED) is 0.725. The molecule has 1 heterocycles. The molecule has 0 aliphatic rings. The van der Waals surface area contributed by atoms with Crippen LogP contribution in [-0.4, -0.2) is 15.9 Å². The molecule has 0 aliphatic heterocycles. The smallest absolute Gasteiger partial charge is 0.270 e. The second-order valence-electron chi connectivity index (χ2n) is 5.51. The first kappa shape index (κ1) is 16.9. The number of nitrogens with zero attached hydrogens (tertiary/aromatic N) is 2. The molecule has 2 N–H and O–H groups in total. The van der Waals surface area contributed by atoms with Gasteiger partial charge in [0.2, 0.25) is 5.95 Å². The SMILES string of the molecule is Cc1ccccc1CNC(=O)c1ccnc(Nc2ccc(Cl)cc2)n1. The fraction of sp³-hybridized carbons (Fsp3) is 0.105. The standard InChI is InChI=1S/C19H17ClN4O/c1-13-4-2-3-5-14(13)12-22-18(25)17-10-11-21-19(24-17)23-16-8-6-15(20)7-9-16/h2-11H,12H2,1H3,(H,22,25)(H,21,23,24). The Balaban J connectivity index is 1.67. The van der Waals surface area contributed by atoms with E-state index in [-0.39, 0.29) is 5.91 Å². The van der Waals surface area contributed by atoms with Crippen molar-refractivity contribution in [2.24, 2.45) is 0 Å². The van der Waals surface area contributed by atoms with E-state index in [2.05, 4.69) is 20.6 Å². The number of rotatable bonds is 5. The molecule has 5 nitrogen and oxygen atoms in total. The largest absolute Gasteiger partial charge is 0.347 e. The van der Waals surface area contributed by atoms with Crippen LogP contribution >= 0.6 is 11.6 Å². The molecule has 1 amide bonds. The van der Waals surface area contributed by atoms with Crippen molar-refractivity contribution in [3.63, 3.8) is 0 Å². The van der Waals surface area contributed by atoms with Crippen molar-refractivity contribution in [3.8, 4) is 0 Å². The van der Waals surface area contributed by atoms with Crippen LogP contribution in [0.25, 0.3) is 0 Å². The van der Waals surface area contributed by atoms with E-state index in [1.807, 2.05) is 43.3 Å². The minimum absolute atomic E-state index is 0.246. The summed E-state index contributed by atoms with van der Waals surface area (Å²) >= 11 is 5.87. The summed E-state index contributed by atoms with van der Waals surface area (Å²) in [4.78, 5) is 20.7. The molecule has 3 aromatic rings. The molecule has 0 bridgehead atoms. The van der Waals surface area contributed by atoms with Crippen LogP contribution in [0.5, 0.6) is 0 Å². The van der Waals surface area contributed by atoms with E-state index in [1.165, 1.54) is 0 Å². The van der Waals surface area contributed by atoms with Gasteiger partial charge >= 0.3 is 0 Å². The maximum Gasteiger partial charge on any atom is 0.270 e. The lowest BCUT2D eigenvalue weighted by Crippen LogP contribution is -2.24. The summed E-state index contributed by atoms with van der Waals surface area (Å²) in [7, 11) is 0. The number of carbonyl (C=O) groups excluding carboxylic acids is 1. The van der Waals surface area contributed by atoms with Crippen LogP contribution in [0.1, 0.15) is 21.6 Å². The van der Waals surface area contributed by atoms with Crippen LogP contribution < -0.4 is 10.6 Å². The van der Waals surface area contributed by atoms with Gasteiger partial charge in [-0.05, 0) is 48.4 Å². The average molecular weight is 353 g/mol. The van der Waals surface area contributed by atoms with Gasteiger partial charge in [0.15, 0.2) is 0 Å². The zero-order valence-electron chi connectivity index (χ0n) is 13.7. The average Bonchev–Trinajstić information content (AvgIpc) is 2.63. The van der Waals surface area contributed by atoms with Gasteiger partial charge in [-0.1, -0.05) is 35.9 Å². The van der Waals surface area contributed by atoms with Crippen molar-refractivity contribution in [1.82, 2.24) is 15.3 Å². The zero-order valence-corrected chi connectivity index (χ0v) is 14.4. The molecular weight excluding hydrogens is 336 g/mol. The minimum atomic E-state index is -0.246. The first-order valence-corrected chi connectivity index (χ1v) is 8.18. The molecule has 0 saturated carbocycles. The Bertz CT molecular complexity index is 881. The summed E-state index contributed by atoms with van der Waals surface area (Å²) in [5, 5.41) is 6.58. The summed E-state index contributed by atoms with van der Waals surface area (Å²) < 4.78 is 0. The Labute approximate surface area is 151 Å². The molecular formula is C19H17ClN4O. The topological polar surface area (TPSA) is 66.9 Å². The highest BCUT2D eigenvalue weighted by Crippen LogP contribution is 2.16. The minimum Gasteiger partial charge on any atom is -0.347 e. The van der Waals surface area contributed by atoms with Crippen LogP contribution in [0.15, 0.2) is 60.8 Å². The number of hydrogen-bond acceptors (Lipinski definition) is 4. The Hall–Kier alpha value is -2.92. The van der Waals surface area contributed by atoms with Crippen LogP contribution in [0.4, 0.5) is 11.6 Å². The first-order chi connectivity index (χ1) is 12.1. The van der Waals surface area contributed by atoms with Crippen LogP contribution in [0.3, 0.4) is 0 Å². The number of halogens is 1. The molecule has 1 aromatic heterocycles. The normalized spacial score (nSPS) is 10.3. The zero-order chi connectivity index (χ0) is 17.6. The van der Waals surface area contributed by atoms with Gasteiger partial charge in [-0.3, -0.25) is 4.79 Å². The molecule has 0 radical (unpaired) electrons. The number of hydrogen-bond donors (Lipinski definition) is 2. The Kier molecular flexibility index (Phi) is 5.26. The van der Waals surface area contributed by atoms with E-state index in [0.29, 0.717) is 23.2 Å². The van der Waals surface area contributed by atoms with Gasteiger partial charge in [-0.15, -0.1) is 0 Å². The van der Waals surface area contributed by atoms with Gasteiger partial charge in [0.05, 0.1) is 0 Å². The fourth-order valence-corrected chi connectivity index (χ4v) is 2.41. The van der Waals surface area contributed by atoms with Gasteiger partial charge in [-0.25, -0.2) is 9.97 Å². The van der Waals surface area contributed by atoms with Crippen molar-refractivity contribution in [1.29, 1.82) is 0 Å². The lowest BCUT2D eigenvalue weighted by atomic mass is 10.1. The van der Waals surface area contributed by atoms with Gasteiger partial charge in [0.1, 0.15) is 5.69 Å². The monoisotopic (exact) mass is 352 g/mol. The van der Waals surface area contributed by atoms with E-state index in [1.54, 1.807) is 24.4 Å². The predicted octanol–water partition coefficient (Wildman–Crippen LogP) is 4.11. The highest BCUT2D eigenvalue weighted by atomic mass is 35.5.